The molecule has 0 spiro atoms. The first-order valence-corrected chi connectivity index (χ1v) is 7.31. The van der Waals surface area contributed by atoms with Crippen molar-refractivity contribution in [3.8, 4) is 5.69 Å². The maximum Gasteiger partial charge on any atom is 0.433 e. The topological polar surface area (TPSA) is 56.7 Å². The molecule has 1 saturated carbocycles. The highest BCUT2D eigenvalue weighted by Gasteiger charge is 2.32. The van der Waals surface area contributed by atoms with Crippen molar-refractivity contribution in [2.24, 2.45) is 5.73 Å². The van der Waals surface area contributed by atoms with E-state index < -0.39 is 11.9 Å². The van der Waals surface area contributed by atoms with Crippen LogP contribution in [0, 0.1) is 0 Å². The summed E-state index contributed by atoms with van der Waals surface area (Å²) in [5.41, 5.74) is 7.15. The Labute approximate surface area is 127 Å². The van der Waals surface area contributed by atoms with Crippen molar-refractivity contribution in [2.45, 2.75) is 45.3 Å². The molecule has 4 nitrogen and oxygen atoms in total. The lowest BCUT2D eigenvalue weighted by molar-refractivity contribution is -0.141. The molecule has 22 heavy (non-hydrogen) atoms. The summed E-state index contributed by atoms with van der Waals surface area (Å²) in [5, 5.41) is 4.42. The Morgan fingerprint density at radius 2 is 1.95 bits per heavy atom. The first-order valence-electron chi connectivity index (χ1n) is 7.31. The molecule has 1 fully saturated rings. The van der Waals surface area contributed by atoms with Crippen molar-refractivity contribution in [2.75, 3.05) is 0 Å². The molecule has 0 aliphatic heterocycles. The molecule has 2 aromatic heterocycles. The van der Waals surface area contributed by atoms with E-state index >= 15 is 0 Å². The number of pyridine rings is 1. The third-order valence-corrected chi connectivity index (χ3v) is 3.31. The summed E-state index contributed by atoms with van der Waals surface area (Å²) >= 11 is 0. The SMILES string of the molecule is CC.NCc1cn(-c2ccc(C(F)(F)F)nc2)nc1C1CC1. The minimum Gasteiger partial charge on any atom is -0.326 e. The number of nitrogens with two attached hydrogens (primary N) is 1. The van der Waals surface area contributed by atoms with Crippen LogP contribution >= 0.6 is 0 Å². The van der Waals surface area contributed by atoms with Crippen molar-refractivity contribution in [3.63, 3.8) is 0 Å². The minimum atomic E-state index is -4.43. The van der Waals surface area contributed by atoms with E-state index in [1.807, 2.05) is 13.8 Å². The average Bonchev–Trinajstić information content (AvgIpc) is 3.27. The summed E-state index contributed by atoms with van der Waals surface area (Å²) < 4.78 is 38.9. The van der Waals surface area contributed by atoms with Crippen molar-refractivity contribution in [3.05, 3.63) is 41.5 Å². The maximum atomic E-state index is 12.5. The first-order chi connectivity index (χ1) is 10.5. The van der Waals surface area contributed by atoms with Gasteiger partial charge >= 0.3 is 6.18 Å². The molecule has 2 aromatic rings. The van der Waals surface area contributed by atoms with Gasteiger partial charge in [0.25, 0.3) is 0 Å². The highest BCUT2D eigenvalue weighted by molar-refractivity contribution is 5.34. The van der Waals surface area contributed by atoms with Gasteiger partial charge in [0.15, 0.2) is 0 Å². The van der Waals surface area contributed by atoms with E-state index in [9.17, 15) is 13.2 Å². The Balaban J connectivity index is 0.000000847. The fourth-order valence-corrected chi connectivity index (χ4v) is 2.10. The van der Waals surface area contributed by atoms with E-state index in [1.165, 1.54) is 12.3 Å². The molecule has 0 radical (unpaired) electrons. The van der Waals surface area contributed by atoms with Gasteiger partial charge in [-0.25, -0.2) is 9.67 Å². The van der Waals surface area contributed by atoms with Crippen LogP contribution in [0.3, 0.4) is 0 Å². The summed E-state index contributed by atoms with van der Waals surface area (Å²) in [7, 11) is 0. The van der Waals surface area contributed by atoms with Crippen molar-refractivity contribution in [1.82, 2.24) is 14.8 Å². The van der Waals surface area contributed by atoms with Crippen LogP contribution in [-0.4, -0.2) is 14.8 Å². The van der Waals surface area contributed by atoms with Crippen LogP contribution in [0.25, 0.3) is 5.69 Å². The van der Waals surface area contributed by atoms with E-state index in [2.05, 4.69) is 10.1 Å². The molecule has 0 unspecified atom stereocenters. The van der Waals surface area contributed by atoms with Crippen molar-refractivity contribution >= 4 is 0 Å². The largest absolute Gasteiger partial charge is 0.433 e. The van der Waals surface area contributed by atoms with Gasteiger partial charge in [-0.1, -0.05) is 13.8 Å². The second-order valence-corrected chi connectivity index (χ2v) is 4.86. The number of halogens is 3. The Bertz CT molecular complexity index is 613. The van der Waals surface area contributed by atoms with Crippen LogP contribution in [0.1, 0.15) is 49.6 Å². The summed E-state index contributed by atoms with van der Waals surface area (Å²) in [6.45, 7) is 4.37. The Hall–Kier alpha value is -1.89. The molecular formula is C15H19F3N4. The number of hydrogen-bond acceptors (Lipinski definition) is 3. The quantitative estimate of drug-likeness (QED) is 0.941. The highest BCUT2D eigenvalue weighted by Crippen LogP contribution is 2.41. The molecule has 2 heterocycles. The monoisotopic (exact) mass is 312 g/mol. The van der Waals surface area contributed by atoms with E-state index in [1.54, 1.807) is 10.9 Å². The smallest absolute Gasteiger partial charge is 0.326 e. The predicted octanol–water partition coefficient (Wildman–Crippen LogP) is 3.65. The Morgan fingerprint density at radius 3 is 2.41 bits per heavy atom. The van der Waals surface area contributed by atoms with Crippen LogP contribution in [0.4, 0.5) is 13.2 Å². The van der Waals surface area contributed by atoms with Crippen LogP contribution in [-0.2, 0) is 12.7 Å². The third kappa shape index (κ3) is 3.47. The number of nitrogens with zero attached hydrogens (tertiary/aromatic N) is 3. The normalized spacial score (nSPS) is 14.5. The Morgan fingerprint density at radius 1 is 1.27 bits per heavy atom. The number of aromatic nitrogens is 3. The van der Waals surface area contributed by atoms with Gasteiger partial charge in [0.05, 0.1) is 17.6 Å². The lowest BCUT2D eigenvalue weighted by Crippen LogP contribution is -2.08. The highest BCUT2D eigenvalue weighted by atomic mass is 19.4. The number of alkyl halides is 3. The molecule has 0 aromatic carbocycles. The van der Waals surface area contributed by atoms with Gasteiger partial charge in [0.2, 0.25) is 0 Å². The van der Waals surface area contributed by atoms with Crippen LogP contribution in [0.2, 0.25) is 0 Å². The van der Waals surface area contributed by atoms with E-state index in [0.29, 0.717) is 18.2 Å². The zero-order chi connectivity index (χ0) is 16.3. The Kier molecular flexibility index (Phi) is 4.85. The lowest BCUT2D eigenvalue weighted by atomic mass is 10.2. The zero-order valence-electron chi connectivity index (χ0n) is 12.6. The predicted molar refractivity (Wildman–Crippen MR) is 77.6 cm³/mol. The molecule has 1 aliphatic rings. The molecule has 2 N–H and O–H groups in total. The molecule has 0 saturated heterocycles. The second kappa shape index (κ2) is 6.48. The van der Waals surface area contributed by atoms with Gasteiger partial charge in [-0.05, 0) is 25.0 Å². The van der Waals surface area contributed by atoms with Gasteiger partial charge in [-0.2, -0.15) is 18.3 Å². The van der Waals surface area contributed by atoms with Gasteiger partial charge in [0, 0.05) is 24.2 Å². The van der Waals surface area contributed by atoms with Crippen LogP contribution in [0.5, 0.6) is 0 Å². The number of rotatable bonds is 3. The molecule has 3 rings (SSSR count). The van der Waals surface area contributed by atoms with Gasteiger partial charge in [-0.3, -0.25) is 0 Å². The molecule has 120 valence electrons. The van der Waals surface area contributed by atoms with Gasteiger partial charge < -0.3 is 5.73 Å². The average molecular weight is 312 g/mol. The second-order valence-electron chi connectivity index (χ2n) is 4.86. The molecule has 0 atom stereocenters. The van der Waals surface area contributed by atoms with Crippen LogP contribution in [0.15, 0.2) is 24.5 Å². The zero-order valence-corrected chi connectivity index (χ0v) is 12.6. The lowest BCUT2D eigenvalue weighted by Gasteiger charge is -2.06. The fraction of sp³-hybridized carbons (Fsp3) is 0.467. The molecular weight excluding hydrogens is 293 g/mol. The molecule has 0 amide bonds. The summed E-state index contributed by atoms with van der Waals surface area (Å²) in [5.74, 6) is 0.442. The van der Waals surface area contributed by atoms with Gasteiger partial charge in [0.1, 0.15) is 5.69 Å². The summed E-state index contributed by atoms with van der Waals surface area (Å²) in [6.07, 6.45) is 0.694. The first kappa shape index (κ1) is 16.5. The van der Waals surface area contributed by atoms with Gasteiger partial charge in [-0.15, -0.1) is 0 Å². The minimum absolute atomic E-state index is 0.375. The van der Waals surface area contributed by atoms with E-state index in [-0.39, 0.29) is 0 Å². The fourth-order valence-electron chi connectivity index (χ4n) is 2.10. The third-order valence-electron chi connectivity index (χ3n) is 3.31. The molecule has 0 bridgehead atoms. The molecule has 1 aliphatic carbocycles. The summed E-state index contributed by atoms with van der Waals surface area (Å²) in [4.78, 5) is 3.43. The summed E-state index contributed by atoms with van der Waals surface area (Å²) in [6, 6.07) is 2.32. The molecule has 7 heteroatoms. The van der Waals surface area contributed by atoms with E-state index in [4.69, 9.17) is 5.73 Å². The van der Waals surface area contributed by atoms with Crippen LogP contribution < -0.4 is 5.73 Å². The van der Waals surface area contributed by atoms with Crippen molar-refractivity contribution in [1.29, 1.82) is 0 Å². The van der Waals surface area contributed by atoms with E-state index in [0.717, 1.165) is 30.2 Å². The maximum absolute atomic E-state index is 12.5. The number of hydrogen-bond donors (Lipinski definition) is 1. The van der Waals surface area contributed by atoms with Crippen molar-refractivity contribution < 1.29 is 13.2 Å². The standard InChI is InChI=1S/C13H13F3N4.C2H6/c14-13(15,16)11-4-3-10(6-18-11)20-7-9(5-17)12(19-20)8-1-2-8;1-2/h3-4,6-8H,1-2,5,17H2;1-2H3.